The molecular formula is C20H16N4O2S. The number of carbonyl (C=O) groups is 1. The van der Waals surface area contributed by atoms with Gasteiger partial charge in [0, 0.05) is 24.2 Å². The summed E-state index contributed by atoms with van der Waals surface area (Å²) in [5, 5.41) is 20.4. The molecule has 2 aromatic heterocycles. The molecular weight excluding hydrogens is 360 g/mol. The fourth-order valence-corrected chi connectivity index (χ4v) is 3.65. The molecule has 0 aliphatic carbocycles. The van der Waals surface area contributed by atoms with Gasteiger partial charge in [-0.2, -0.15) is 0 Å². The zero-order valence-corrected chi connectivity index (χ0v) is 15.1. The summed E-state index contributed by atoms with van der Waals surface area (Å²) >= 11 is 1.16. The average Bonchev–Trinajstić information content (AvgIpc) is 3.09. The second-order valence-electron chi connectivity index (χ2n) is 5.95. The zero-order valence-electron chi connectivity index (χ0n) is 14.3. The molecule has 0 saturated heterocycles. The maximum atomic E-state index is 11.0. The van der Waals surface area contributed by atoms with Crippen molar-refractivity contribution >= 4 is 28.5 Å². The maximum absolute atomic E-state index is 11.0. The third-order valence-electron chi connectivity index (χ3n) is 4.12. The first-order chi connectivity index (χ1) is 13.2. The first-order valence-corrected chi connectivity index (χ1v) is 9.37. The fourth-order valence-electron chi connectivity index (χ4n) is 2.97. The Bertz CT molecular complexity index is 1090. The minimum absolute atomic E-state index is 0.0736. The van der Waals surface area contributed by atoms with Crippen molar-refractivity contribution in [3.05, 3.63) is 78.4 Å². The molecule has 0 aliphatic rings. The van der Waals surface area contributed by atoms with Crippen molar-refractivity contribution in [2.24, 2.45) is 0 Å². The molecule has 0 amide bonds. The first kappa shape index (κ1) is 17.2. The third kappa shape index (κ3) is 3.68. The summed E-state index contributed by atoms with van der Waals surface area (Å²) in [6, 6.07) is 18.0. The molecule has 2 aromatic carbocycles. The Morgan fingerprint density at radius 3 is 2.70 bits per heavy atom. The number of hydrogen-bond acceptors (Lipinski definition) is 5. The molecule has 0 unspecified atom stereocenters. The van der Waals surface area contributed by atoms with Crippen molar-refractivity contribution in [2.45, 2.75) is 11.6 Å². The highest BCUT2D eigenvalue weighted by Crippen LogP contribution is 2.28. The molecule has 0 radical (unpaired) electrons. The molecule has 0 aliphatic heterocycles. The number of thioether (sulfide) groups is 1. The van der Waals surface area contributed by atoms with E-state index < -0.39 is 5.97 Å². The van der Waals surface area contributed by atoms with Crippen LogP contribution in [0.2, 0.25) is 0 Å². The van der Waals surface area contributed by atoms with E-state index in [0.29, 0.717) is 11.6 Å². The lowest BCUT2D eigenvalue weighted by Crippen LogP contribution is -2.06. The minimum Gasteiger partial charge on any atom is -0.481 e. The summed E-state index contributed by atoms with van der Waals surface area (Å²) in [7, 11) is 0. The van der Waals surface area contributed by atoms with E-state index in [4.69, 9.17) is 5.11 Å². The van der Waals surface area contributed by atoms with Gasteiger partial charge in [-0.15, -0.1) is 10.2 Å². The number of nitrogens with zero attached hydrogens (tertiary/aromatic N) is 4. The van der Waals surface area contributed by atoms with Gasteiger partial charge in [0.25, 0.3) is 0 Å². The number of carboxylic acids is 1. The quantitative estimate of drug-likeness (QED) is 0.518. The first-order valence-electron chi connectivity index (χ1n) is 8.38. The van der Waals surface area contributed by atoms with E-state index in [1.807, 2.05) is 59.2 Å². The van der Waals surface area contributed by atoms with Gasteiger partial charge in [-0.05, 0) is 23.1 Å². The number of carboxylic acid groups (broad SMARTS) is 1. The Labute approximate surface area is 159 Å². The number of hydrogen-bond donors (Lipinski definition) is 1. The summed E-state index contributed by atoms with van der Waals surface area (Å²) < 4.78 is 1.95. The lowest BCUT2D eigenvalue weighted by atomic mass is 10.1. The summed E-state index contributed by atoms with van der Waals surface area (Å²) in [6.07, 6.45) is 4.08. The Hall–Kier alpha value is -3.19. The standard InChI is InChI=1S/C20H16N4O2S/c25-19(26)13-27-20-23-22-18(11-14-5-4-10-21-12-14)24(20)17-9-3-7-15-6-1-2-8-16(15)17/h1-10,12H,11,13H2,(H,25,26). The van der Waals surface area contributed by atoms with E-state index in [1.165, 1.54) is 0 Å². The van der Waals surface area contributed by atoms with Crippen LogP contribution in [0, 0.1) is 0 Å². The van der Waals surface area contributed by atoms with Crippen LogP contribution in [0.3, 0.4) is 0 Å². The lowest BCUT2D eigenvalue weighted by molar-refractivity contribution is -0.133. The SMILES string of the molecule is O=C(O)CSc1nnc(Cc2cccnc2)n1-c1cccc2ccccc12. The zero-order chi connectivity index (χ0) is 18.6. The molecule has 27 heavy (non-hydrogen) atoms. The van der Waals surface area contributed by atoms with E-state index in [-0.39, 0.29) is 5.75 Å². The number of fused-ring (bicyclic) bond motifs is 1. The van der Waals surface area contributed by atoms with Crippen LogP contribution in [0.1, 0.15) is 11.4 Å². The van der Waals surface area contributed by atoms with E-state index >= 15 is 0 Å². The van der Waals surface area contributed by atoms with Crippen LogP contribution >= 0.6 is 11.8 Å². The molecule has 4 rings (SSSR count). The van der Waals surface area contributed by atoms with E-state index in [2.05, 4.69) is 15.2 Å². The summed E-state index contributed by atoms with van der Waals surface area (Å²) in [4.78, 5) is 15.2. The van der Waals surface area contributed by atoms with Crippen LogP contribution in [-0.2, 0) is 11.2 Å². The van der Waals surface area contributed by atoms with Crippen LogP contribution in [-0.4, -0.2) is 36.6 Å². The van der Waals surface area contributed by atoms with E-state index in [9.17, 15) is 4.79 Å². The molecule has 0 atom stereocenters. The molecule has 0 saturated carbocycles. The largest absolute Gasteiger partial charge is 0.481 e. The Balaban J connectivity index is 1.85. The minimum atomic E-state index is -0.888. The molecule has 7 heteroatoms. The molecule has 2 heterocycles. The van der Waals surface area contributed by atoms with Crippen molar-refractivity contribution in [1.29, 1.82) is 0 Å². The number of rotatable bonds is 6. The van der Waals surface area contributed by atoms with Crippen molar-refractivity contribution in [3.63, 3.8) is 0 Å². The summed E-state index contributed by atoms with van der Waals surface area (Å²) in [6.45, 7) is 0. The highest BCUT2D eigenvalue weighted by Gasteiger charge is 2.17. The van der Waals surface area contributed by atoms with E-state index in [0.717, 1.165) is 39.6 Å². The molecule has 0 fully saturated rings. The monoisotopic (exact) mass is 376 g/mol. The van der Waals surface area contributed by atoms with E-state index in [1.54, 1.807) is 12.4 Å². The van der Waals surface area contributed by atoms with Gasteiger partial charge >= 0.3 is 5.97 Å². The van der Waals surface area contributed by atoms with Crippen molar-refractivity contribution < 1.29 is 9.90 Å². The molecule has 134 valence electrons. The topological polar surface area (TPSA) is 80.9 Å². The second-order valence-corrected chi connectivity index (χ2v) is 6.90. The van der Waals surface area contributed by atoms with Crippen molar-refractivity contribution in [2.75, 3.05) is 5.75 Å². The van der Waals surface area contributed by atoms with Gasteiger partial charge in [0.1, 0.15) is 5.82 Å². The summed E-state index contributed by atoms with van der Waals surface area (Å²) in [5.41, 5.74) is 1.95. The predicted molar refractivity (Wildman–Crippen MR) is 104 cm³/mol. The second kappa shape index (κ2) is 7.59. The molecule has 4 aromatic rings. The number of aromatic nitrogens is 4. The fraction of sp³-hybridized carbons (Fsp3) is 0.100. The van der Waals surface area contributed by atoms with Crippen LogP contribution in [0.4, 0.5) is 0 Å². The van der Waals surface area contributed by atoms with Crippen molar-refractivity contribution in [1.82, 2.24) is 19.7 Å². The predicted octanol–water partition coefficient (Wildman–Crippen LogP) is 3.58. The van der Waals surface area contributed by atoms with Crippen LogP contribution in [0.15, 0.2) is 72.1 Å². The molecule has 6 nitrogen and oxygen atoms in total. The Morgan fingerprint density at radius 2 is 1.89 bits per heavy atom. The number of pyridine rings is 1. The summed E-state index contributed by atoms with van der Waals surface area (Å²) in [5.74, 6) is -0.219. The number of benzene rings is 2. The van der Waals surface area contributed by atoms with Gasteiger partial charge in [-0.25, -0.2) is 0 Å². The van der Waals surface area contributed by atoms with Gasteiger partial charge in [0.15, 0.2) is 5.16 Å². The smallest absolute Gasteiger partial charge is 0.313 e. The third-order valence-corrected chi connectivity index (χ3v) is 5.03. The highest BCUT2D eigenvalue weighted by molar-refractivity contribution is 7.99. The van der Waals surface area contributed by atoms with Crippen LogP contribution < -0.4 is 0 Å². The highest BCUT2D eigenvalue weighted by atomic mass is 32.2. The van der Waals surface area contributed by atoms with Gasteiger partial charge in [-0.3, -0.25) is 14.3 Å². The average molecular weight is 376 g/mol. The Kier molecular flexibility index (Phi) is 4.84. The van der Waals surface area contributed by atoms with Gasteiger partial charge in [-0.1, -0.05) is 54.2 Å². The van der Waals surface area contributed by atoms with Crippen molar-refractivity contribution in [3.8, 4) is 5.69 Å². The lowest BCUT2D eigenvalue weighted by Gasteiger charge is -2.13. The molecule has 0 spiro atoms. The van der Waals surface area contributed by atoms with Crippen LogP contribution in [0.5, 0.6) is 0 Å². The number of aliphatic carboxylic acids is 1. The molecule has 1 N–H and O–H groups in total. The van der Waals surface area contributed by atoms with Gasteiger partial charge in [0.2, 0.25) is 0 Å². The maximum Gasteiger partial charge on any atom is 0.313 e. The van der Waals surface area contributed by atoms with Gasteiger partial charge in [0.05, 0.1) is 11.4 Å². The molecule has 0 bridgehead atoms. The van der Waals surface area contributed by atoms with Gasteiger partial charge < -0.3 is 5.11 Å². The normalized spacial score (nSPS) is 11.0. The Morgan fingerprint density at radius 1 is 1.04 bits per heavy atom. The van der Waals surface area contributed by atoms with Crippen LogP contribution in [0.25, 0.3) is 16.5 Å².